The van der Waals surface area contributed by atoms with E-state index in [0.717, 1.165) is 5.56 Å². The first-order valence-electron chi connectivity index (χ1n) is 11.2. The van der Waals surface area contributed by atoms with Gasteiger partial charge in [-0.1, -0.05) is 30.3 Å². The monoisotopic (exact) mass is 487 g/mol. The number of methoxy groups -OCH3 is 1. The maximum absolute atomic E-state index is 13.6. The topological polar surface area (TPSA) is 114 Å². The van der Waals surface area contributed by atoms with Gasteiger partial charge in [0.15, 0.2) is 5.37 Å². The zero-order chi connectivity index (χ0) is 24.3. The molecule has 2 amide bonds. The van der Waals surface area contributed by atoms with E-state index in [1.54, 1.807) is 12.1 Å². The number of hydroxylamine groups is 1. The van der Waals surface area contributed by atoms with E-state index < -0.39 is 27.3 Å². The molecule has 0 aromatic heterocycles. The second kappa shape index (κ2) is 10.1. The van der Waals surface area contributed by atoms with Crippen LogP contribution < -0.4 is 15.5 Å². The van der Waals surface area contributed by atoms with Gasteiger partial charge in [-0.15, -0.1) is 0 Å². The number of fused-ring (bicyclic) bond motifs is 1. The Morgan fingerprint density at radius 1 is 1.12 bits per heavy atom. The third-order valence-corrected chi connectivity index (χ3v) is 8.59. The summed E-state index contributed by atoms with van der Waals surface area (Å²) in [5, 5.41) is 2.07. The molecule has 34 heavy (non-hydrogen) atoms. The van der Waals surface area contributed by atoms with Gasteiger partial charge in [0, 0.05) is 19.5 Å². The molecule has 4 unspecified atom stereocenters. The zero-order valence-electron chi connectivity index (χ0n) is 19.1. The third kappa shape index (κ3) is 4.94. The molecule has 4 rings (SSSR count). The Morgan fingerprint density at radius 3 is 2.47 bits per heavy atom. The van der Waals surface area contributed by atoms with Crippen LogP contribution in [0.5, 0.6) is 5.75 Å². The van der Waals surface area contributed by atoms with Crippen LogP contribution in [0.3, 0.4) is 0 Å². The SMILES string of the molecule is COc1ccc(S(=O)(=O)C2C3NC(C(=O)NOCc4ccccc4)CC3CCN2C(C)=O)cc1. The zero-order valence-corrected chi connectivity index (χ0v) is 20.0. The lowest BCUT2D eigenvalue weighted by molar-refractivity contribution is -0.136. The smallest absolute Gasteiger partial charge is 0.260 e. The van der Waals surface area contributed by atoms with Gasteiger partial charge in [-0.05, 0) is 48.6 Å². The molecule has 2 aromatic rings. The summed E-state index contributed by atoms with van der Waals surface area (Å²) in [5.74, 6) is -0.213. The van der Waals surface area contributed by atoms with Crippen molar-refractivity contribution in [1.82, 2.24) is 15.7 Å². The minimum atomic E-state index is -3.91. The largest absolute Gasteiger partial charge is 0.497 e. The maximum atomic E-state index is 13.6. The van der Waals surface area contributed by atoms with E-state index in [-0.39, 0.29) is 29.2 Å². The summed E-state index contributed by atoms with van der Waals surface area (Å²) >= 11 is 0. The van der Waals surface area contributed by atoms with Crippen molar-refractivity contribution < 1.29 is 27.6 Å². The number of carbonyl (C=O) groups excluding carboxylic acids is 2. The van der Waals surface area contributed by atoms with Crippen LogP contribution >= 0.6 is 0 Å². The van der Waals surface area contributed by atoms with Crippen LogP contribution in [0.2, 0.25) is 0 Å². The molecule has 0 spiro atoms. The number of nitrogens with zero attached hydrogens (tertiary/aromatic N) is 1. The molecule has 2 fully saturated rings. The Kier molecular flexibility index (Phi) is 7.20. The first-order valence-corrected chi connectivity index (χ1v) is 12.7. The molecule has 2 saturated heterocycles. The van der Waals surface area contributed by atoms with Crippen LogP contribution in [0.1, 0.15) is 25.3 Å². The molecular formula is C24H29N3O6S. The van der Waals surface area contributed by atoms with Crippen molar-refractivity contribution in [2.75, 3.05) is 13.7 Å². The minimum Gasteiger partial charge on any atom is -0.497 e. The van der Waals surface area contributed by atoms with E-state index in [1.165, 1.54) is 31.1 Å². The number of ether oxygens (including phenoxy) is 1. The van der Waals surface area contributed by atoms with E-state index >= 15 is 0 Å². The molecule has 2 heterocycles. The highest BCUT2D eigenvalue weighted by Gasteiger charge is 2.52. The second-order valence-electron chi connectivity index (χ2n) is 8.59. The number of nitrogens with one attached hydrogen (secondary N) is 2. The van der Waals surface area contributed by atoms with Gasteiger partial charge >= 0.3 is 0 Å². The Balaban J connectivity index is 1.50. The van der Waals surface area contributed by atoms with Crippen molar-refractivity contribution in [1.29, 1.82) is 0 Å². The summed E-state index contributed by atoms with van der Waals surface area (Å²) in [6.07, 6.45) is 1.08. The summed E-state index contributed by atoms with van der Waals surface area (Å²) in [7, 11) is -2.41. The number of hydrogen-bond acceptors (Lipinski definition) is 7. The van der Waals surface area contributed by atoms with Gasteiger partial charge in [0.25, 0.3) is 5.91 Å². The predicted octanol–water partition coefficient (Wildman–Crippen LogP) is 1.64. The fourth-order valence-corrected chi connectivity index (χ4v) is 6.81. The molecule has 0 aliphatic carbocycles. The molecule has 2 aliphatic heterocycles. The van der Waals surface area contributed by atoms with Gasteiger partial charge < -0.3 is 9.64 Å². The van der Waals surface area contributed by atoms with Crippen LogP contribution in [0.15, 0.2) is 59.5 Å². The van der Waals surface area contributed by atoms with Crippen molar-refractivity contribution in [3.05, 3.63) is 60.2 Å². The Morgan fingerprint density at radius 2 is 1.82 bits per heavy atom. The van der Waals surface area contributed by atoms with Gasteiger partial charge in [0.1, 0.15) is 5.75 Å². The van der Waals surface area contributed by atoms with Crippen LogP contribution in [-0.2, 0) is 30.9 Å². The molecule has 2 N–H and O–H groups in total. The minimum absolute atomic E-state index is 0.0708. The number of benzene rings is 2. The lowest BCUT2D eigenvalue weighted by atomic mass is 9.91. The molecule has 2 aliphatic rings. The summed E-state index contributed by atoms with van der Waals surface area (Å²) in [4.78, 5) is 32.0. The van der Waals surface area contributed by atoms with Gasteiger partial charge in [0.2, 0.25) is 15.7 Å². The number of amides is 2. The highest BCUT2D eigenvalue weighted by atomic mass is 32.2. The van der Waals surface area contributed by atoms with E-state index in [2.05, 4.69) is 10.8 Å². The number of carbonyl (C=O) groups is 2. The van der Waals surface area contributed by atoms with Crippen LogP contribution in [0.4, 0.5) is 0 Å². The highest BCUT2D eigenvalue weighted by Crippen LogP contribution is 2.37. The molecule has 0 saturated carbocycles. The number of rotatable bonds is 7. The molecule has 10 heteroatoms. The maximum Gasteiger partial charge on any atom is 0.260 e. The first kappa shape index (κ1) is 24.2. The third-order valence-electron chi connectivity index (χ3n) is 6.48. The lowest BCUT2D eigenvalue weighted by Crippen LogP contribution is -2.60. The summed E-state index contributed by atoms with van der Waals surface area (Å²) in [5.41, 5.74) is 3.38. The van der Waals surface area contributed by atoms with Gasteiger partial charge in [-0.3, -0.25) is 19.7 Å². The van der Waals surface area contributed by atoms with E-state index in [4.69, 9.17) is 9.57 Å². The summed E-state index contributed by atoms with van der Waals surface area (Å²) < 4.78 is 32.4. The molecule has 2 aromatic carbocycles. The van der Waals surface area contributed by atoms with Crippen molar-refractivity contribution in [3.63, 3.8) is 0 Å². The van der Waals surface area contributed by atoms with Crippen molar-refractivity contribution in [2.45, 2.75) is 48.7 Å². The van der Waals surface area contributed by atoms with Crippen molar-refractivity contribution >= 4 is 21.7 Å². The molecule has 0 bridgehead atoms. The molecule has 4 atom stereocenters. The molecule has 0 radical (unpaired) electrons. The Hall–Kier alpha value is -2.95. The summed E-state index contributed by atoms with van der Waals surface area (Å²) in [6, 6.07) is 14.4. The molecular weight excluding hydrogens is 458 g/mol. The second-order valence-corrected chi connectivity index (χ2v) is 10.6. The van der Waals surface area contributed by atoms with E-state index in [0.29, 0.717) is 25.1 Å². The fourth-order valence-electron chi connectivity index (χ4n) is 4.74. The fraction of sp³-hybridized carbons (Fsp3) is 0.417. The van der Waals surface area contributed by atoms with Crippen LogP contribution in [-0.4, -0.2) is 56.2 Å². The predicted molar refractivity (Wildman–Crippen MR) is 124 cm³/mol. The Labute approximate surface area is 199 Å². The van der Waals surface area contributed by atoms with Gasteiger partial charge in [-0.2, -0.15) is 0 Å². The van der Waals surface area contributed by atoms with Gasteiger partial charge in [0.05, 0.1) is 24.7 Å². The number of sulfone groups is 1. The lowest BCUT2D eigenvalue weighted by Gasteiger charge is -2.41. The molecule has 9 nitrogen and oxygen atoms in total. The first-order chi connectivity index (χ1) is 16.3. The normalized spacial score (nSPS) is 24.4. The highest BCUT2D eigenvalue weighted by molar-refractivity contribution is 7.92. The molecule has 182 valence electrons. The number of hydrogen-bond donors (Lipinski definition) is 2. The summed E-state index contributed by atoms with van der Waals surface area (Å²) in [6.45, 7) is 1.91. The van der Waals surface area contributed by atoms with Crippen LogP contribution in [0, 0.1) is 5.92 Å². The van der Waals surface area contributed by atoms with Crippen LogP contribution in [0.25, 0.3) is 0 Å². The number of piperidine rings is 1. The standard InChI is InChI=1S/C24H29N3O6S/c1-16(28)27-13-12-18-14-21(23(29)26-33-15-17-6-4-3-5-7-17)25-22(18)24(27)34(30,31)20-10-8-19(32-2)9-11-20/h3-11,18,21-22,24-25H,12-15H2,1-2H3,(H,26,29). The average molecular weight is 488 g/mol. The number of likely N-dealkylation sites (tertiary alicyclic amines) is 1. The van der Waals surface area contributed by atoms with E-state index in [9.17, 15) is 18.0 Å². The van der Waals surface area contributed by atoms with Crippen molar-refractivity contribution in [2.24, 2.45) is 5.92 Å². The quantitative estimate of drug-likeness (QED) is 0.571. The van der Waals surface area contributed by atoms with Crippen molar-refractivity contribution in [3.8, 4) is 5.75 Å². The van der Waals surface area contributed by atoms with E-state index in [1.807, 2.05) is 30.3 Å². The Bertz CT molecular complexity index is 1120. The van der Waals surface area contributed by atoms with Gasteiger partial charge in [-0.25, -0.2) is 13.9 Å². The average Bonchev–Trinajstić information content (AvgIpc) is 3.28.